The van der Waals surface area contributed by atoms with Crippen LogP contribution < -0.4 is 5.32 Å². The molecule has 240 valence electrons. The molecule has 0 bridgehead atoms. The van der Waals surface area contributed by atoms with Crippen molar-refractivity contribution in [1.82, 2.24) is 10.2 Å². The predicted octanol–water partition coefficient (Wildman–Crippen LogP) is 6.18. The smallest absolute Gasteiger partial charge is 0.416 e. The Bertz CT molecular complexity index is 1750. The fourth-order valence-electron chi connectivity index (χ4n) is 5.53. The molecule has 0 spiro atoms. The van der Waals surface area contributed by atoms with E-state index in [4.69, 9.17) is 11.6 Å². The van der Waals surface area contributed by atoms with Gasteiger partial charge in [-0.1, -0.05) is 60.1 Å². The van der Waals surface area contributed by atoms with Crippen molar-refractivity contribution in [3.8, 4) is 28.0 Å². The van der Waals surface area contributed by atoms with E-state index in [1.165, 1.54) is 47.4 Å². The van der Waals surface area contributed by atoms with Crippen molar-refractivity contribution < 1.29 is 42.5 Å². The maximum absolute atomic E-state index is 13.8. The van der Waals surface area contributed by atoms with Gasteiger partial charge in [-0.25, -0.2) is 4.39 Å². The number of benzene rings is 4. The van der Waals surface area contributed by atoms with Crippen LogP contribution in [-0.4, -0.2) is 57.0 Å². The first-order valence-corrected chi connectivity index (χ1v) is 14.7. The number of carbonyl (C=O) groups excluding carboxylic acids is 2. The van der Waals surface area contributed by atoms with Crippen LogP contribution in [0, 0.1) is 5.82 Å². The number of aromatic hydroxyl groups is 1. The standard InChI is InChI=1S/C34H29ClF4N2O5/c35-26-18-23(10-12-27(26)36)22-11-13-30(42)25(17-22)31(43)40-28(32(44)41-14-2-5-29(41)33(45)46)15-19-6-8-20(9-7-19)21-3-1-4-24(16-21)34(37,38)39/h1,3-4,6-13,16-18,28-29,33,42,45-46H,2,5,14-15H2,(H,40,43)/t28-,29-/m0/s1. The highest BCUT2D eigenvalue weighted by molar-refractivity contribution is 6.31. The molecular formula is C34H29ClF4N2O5. The van der Waals surface area contributed by atoms with Gasteiger partial charge in [0.15, 0.2) is 6.29 Å². The summed E-state index contributed by atoms with van der Waals surface area (Å²) in [4.78, 5) is 28.6. The molecule has 1 fully saturated rings. The summed E-state index contributed by atoms with van der Waals surface area (Å²) < 4.78 is 53.4. The number of phenols is 1. The number of carbonyl (C=O) groups is 2. The summed E-state index contributed by atoms with van der Waals surface area (Å²) >= 11 is 5.92. The zero-order valence-electron chi connectivity index (χ0n) is 24.1. The Morgan fingerprint density at radius 3 is 2.24 bits per heavy atom. The van der Waals surface area contributed by atoms with Gasteiger partial charge in [0.05, 0.1) is 22.2 Å². The van der Waals surface area contributed by atoms with Gasteiger partial charge >= 0.3 is 6.18 Å². The first-order chi connectivity index (χ1) is 21.8. The zero-order chi connectivity index (χ0) is 33.2. The van der Waals surface area contributed by atoms with E-state index in [0.29, 0.717) is 40.7 Å². The molecule has 1 aliphatic rings. The average molecular weight is 657 g/mol. The average Bonchev–Trinajstić information content (AvgIpc) is 3.53. The maximum Gasteiger partial charge on any atom is 0.416 e. The van der Waals surface area contributed by atoms with Gasteiger partial charge in [-0.05, 0) is 77.1 Å². The van der Waals surface area contributed by atoms with Crippen LogP contribution in [0.15, 0.2) is 84.9 Å². The molecule has 0 radical (unpaired) electrons. The quantitative estimate of drug-likeness (QED) is 0.134. The van der Waals surface area contributed by atoms with Crippen LogP contribution in [0.4, 0.5) is 17.6 Å². The Morgan fingerprint density at radius 2 is 1.57 bits per heavy atom. The molecule has 1 aliphatic heterocycles. The fourth-order valence-corrected chi connectivity index (χ4v) is 5.71. The third kappa shape index (κ3) is 7.33. The molecule has 7 nitrogen and oxygen atoms in total. The number of likely N-dealkylation sites (tertiary alicyclic amines) is 1. The molecule has 4 aromatic carbocycles. The molecule has 0 saturated carbocycles. The second kappa shape index (κ2) is 13.5. The molecule has 1 heterocycles. The summed E-state index contributed by atoms with van der Waals surface area (Å²) in [6, 6.07) is 17.4. The third-order valence-corrected chi connectivity index (χ3v) is 8.23. The number of halogens is 5. The van der Waals surface area contributed by atoms with Crippen molar-refractivity contribution in [3.63, 3.8) is 0 Å². The molecule has 2 atom stereocenters. The van der Waals surface area contributed by atoms with Crippen molar-refractivity contribution in [1.29, 1.82) is 0 Å². The van der Waals surface area contributed by atoms with E-state index in [0.717, 1.165) is 12.1 Å². The third-order valence-electron chi connectivity index (χ3n) is 7.94. The summed E-state index contributed by atoms with van der Waals surface area (Å²) in [6.45, 7) is 0.230. The molecule has 4 aromatic rings. The predicted molar refractivity (Wildman–Crippen MR) is 163 cm³/mol. The number of rotatable bonds is 8. The lowest BCUT2D eigenvalue weighted by atomic mass is 9.98. The Hall–Kier alpha value is -4.45. The van der Waals surface area contributed by atoms with Crippen LogP contribution in [0.2, 0.25) is 5.02 Å². The molecule has 2 amide bonds. The van der Waals surface area contributed by atoms with Gasteiger partial charge in [0.25, 0.3) is 5.91 Å². The minimum atomic E-state index is -4.50. The Labute approximate surface area is 266 Å². The lowest BCUT2D eigenvalue weighted by Gasteiger charge is -2.30. The Balaban J connectivity index is 1.42. The molecule has 46 heavy (non-hydrogen) atoms. The van der Waals surface area contributed by atoms with E-state index >= 15 is 0 Å². The van der Waals surface area contributed by atoms with Crippen molar-refractivity contribution >= 4 is 23.4 Å². The van der Waals surface area contributed by atoms with Crippen molar-refractivity contribution in [2.75, 3.05) is 6.54 Å². The highest BCUT2D eigenvalue weighted by atomic mass is 35.5. The minimum Gasteiger partial charge on any atom is -0.507 e. The second-order valence-electron chi connectivity index (χ2n) is 11.0. The number of nitrogens with one attached hydrogen (secondary N) is 1. The normalized spacial score (nSPS) is 15.7. The number of aliphatic hydroxyl groups excluding tert-OH is 1. The fraction of sp³-hybridized carbons (Fsp3) is 0.235. The molecule has 4 N–H and O–H groups in total. The molecule has 12 heteroatoms. The number of amides is 2. The van der Waals surface area contributed by atoms with E-state index in [1.807, 2.05) is 0 Å². The van der Waals surface area contributed by atoms with Gasteiger partial charge in [-0.15, -0.1) is 0 Å². The van der Waals surface area contributed by atoms with Crippen molar-refractivity contribution in [2.24, 2.45) is 0 Å². The van der Waals surface area contributed by atoms with Crippen LogP contribution >= 0.6 is 11.6 Å². The maximum atomic E-state index is 13.8. The molecule has 1 saturated heterocycles. The van der Waals surface area contributed by atoms with Gasteiger partial charge in [-0.2, -0.15) is 13.2 Å². The number of nitrogens with zero attached hydrogens (tertiary/aromatic N) is 1. The van der Waals surface area contributed by atoms with Crippen LogP contribution in [0.5, 0.6) is 5.75 Å². The lowest BCUT2D eigenvalue weighted by Crippen LogP contribution is -2.53. The summed E-state index contributed by atoms with van der Waals surface area (Å²) in [5, 5.41) is 32.8. The van der Waals surface area contributed by atoms with Gasteiger partial charge in [0.2, 0.25) is 5.91 Å². The molecular weight excluding hydrogens is 628 g/mol. The van der Waals surface area contributed by atoms with Crippen LogP contribution in [0.25, 0.3) is 22.3 Å². The summed E-state index contributed by atoms with van der Waals surface area (Å²) in [6.07, 6.45) is -5.48. The van der Waals surface area contributed by atoms with Gasteiger partial charge in [-0.3, -0.25) is 9.59 Å². The first-order valence-electron chi connectivity index (χ1n) is 14.3. The Kier molecular flexibility index (Phi) is 9.66. The van der Waals surface area contributed by atoms with E-state index in [1.54, 1.807) is 30.3 Å². The molecule has 0 aliphatic carbocycles. The second-order valence-corrected chi connectivity index (χ2v) is 11.4. The number of hydrogen-bond acceptors (Lipinski definition) is 5. The van der Waals surface area contributed by atoms with Crippen LogP contribution in [0.1, 0.15) is 34.3 Å². The highest BCUT2D eigenvalue weighted by Gasteiger charge is 2.37. The minimum absolute atomic E-state index is 0.0494. The van der Waals surface area contributed by atoms with Gasteiger partial charge in [0, 0.05) is 13.0 Å². The topological polar surface area (TPSA) is 110 Å². The first kappa shape index (κ1) is 32.9. The van der Waals surface area contributed by atoms with Gasteiger partial charge in [0.1, 0.15) is 17.6 Å². The summed E-state index contributed by atoms with van der Waals surface area (Å²) in [5.74, 6) is -2.38. The van der Waals surface area contributed by atoms with E-state index < -0.39 is 47.7 Å². The van der Waals surface area contributed by atoms with Crippen LogP contribution in [-0.2, 0) is 17.4 Å². The number of alkyl halides is 3. The van der Waals surface area contributed by atoms with Crippen molar-refractivity contribution in [2.45, 2.75) is 43.8 Å². The lowest BCUT2D eigenvalue weighted by molar-refractivity contribution is -0.145. The Morgan fingerprint density at radius 1 is 0.913 bits per heavy atom. The highest BCUT2D eigenvalue weighted by Crippen LogP contribution is 2.33. The van der Waals surface area contributed by atoms with E-state index in [-0.39, 0.29) is 29.3 Å². The summed E-state index contributed by atoms with van der Waals surface area (Å²) in [7, 11) is 0. The van der Waals surface area contributed by atoms with Gasteiger partial charge < -0.3 is 25.5 Å². The summed E-state index contributed by atoms with van der Waals surface area (Å²) in [5.41, 5.74) is 1.38. The number of phenolic OH excluding ortho intramolecular Hbond substituents is 1. The SMILES string of the molecule is O=C(N[C@@H](Cc1ccc(-c2cccc(C(F)(F)F)c2)cc1)C(=O)N1CCC[C@H]1C(O)O)c1cc(-c2ccc(F)c(Cl)c2)ccc1O. The molecule has 5 rings (SSSR count). The monoisotopic (exact) mass is 656 g/mol. The van der Waals surface area contributed by atoms with Crippen LogP contribution in [0.3, 0.4) is 0 Å². The van der Waals surface area contributed by atoms with E-state index in [2.05, 4.69) is 5.32 Å². The largest absolute Gasteiger partial charge is 0.507 e. The van der Waals surface area contributed by atoms with Crippen molar-refractivity contribution in [3.05, 3.63) is 112 Å². The zero-order valence-corrected chi connectivity index (χ0v) is 24.9. The molecule has 0 aromatic heterocycles. The van der Waals surface area contributed by atoms with E-state index in [9.17, 15) is 42.5 Å². The number of hydrogen-bond donors (Lipinski definition) is 4. The molecule has 0 unspecified atom stereocenters. The number of aliphatic hydroxyl groups is 2.